The Hall–Kier alpha value is -0.650. The highest BCUT2D eigenvalue weighted by Crippen LogP contribution is 2.34. The van der Waals surface area contributed by atoms with Gasteiger partial charge in [0, 0.05) is 19.1 Å². The van der Waals surface area contributed by atoms with Crippen molar-refractivity contribution in [3.63, 3.8) is 0 Å². The van der Waals surface area contributed by atoms with Crippen molar-refractivity contribution < 1.29 is 9.53 Å². The Morgan fingerprint density at radius 1 is 1.29 bits per heavy atom. The summed E-state index contributed by atoms with van der Waals surface area (Å²) >= 11 is 0. The van der Waals surface area contributed by atoms with E-state index in [9.17, 15) is 4.79 Å². The summed E-state index contributed by atoms with van der Waals surface area (Å²) in [7, 11) is 6.34. The van der Waals surface area contributed by atoms with E-state index in [1.54, 1.807) is 0 Å². The lowest BCUT2D eigenvalue weighted by molar-refractivity contribution is -0.151. The molecule has 5 nitrogen and oxygen atoms in total. The Morgan fingerprint density at radius 2 is 2.00 bits per heavy atom. The normalized spacial score (nSPS) is 25.8. The molecule has 1 rings (SSSR count). The molecule has 0 spiro atoms. The molecule has 0 aromatic carbocycles. The van der Waals surface area contributed by atoms with Gasteiger partial charge in [-0.15, -0.1) is 0 Å². The van der Waals surface area contributed by atoms with E-state index in [0.29, 0.717) is 12.6 Å². The van der Waals surface area contributed by atoms with Gasteiger partial charge in [-0.25, -0.2) is 0 Å². The van der Waals surface area contributed by atoms with E-state index in [-0.39, 0.29) is 5.97 Å². The van der Waals surface area contributed by atoms with Crippen LogP contribution in [0.15, 0.2) is 0 Å². The van der Waals surface area contributed by atoms with E-state index in [2.05, 4.69) is 43.2 Å². The van der Waals surface area contributed by atoms with Gasteiger partial charge in [0.1, 0.15) is 5.54 Å². The molecule has 0 radical (unpaired) electrons. The van der Waals surface area contributed by atoms with E-state index in [1.807, 2.05) is 6.92 Å². The molecule has 1 aliphatic rings. The van der Waals surface area contributed by atoms with Gasteiger partial charge in [-0.05, 0) is 60.3 Å². The summed E-state index contributed by atoms with van der Waals surface area (Å²) in [5.74, 6) is -0.0676. The summed E-state index contributed by atoms with van der Waals surface area (Å²) in [6.45, 7) is 7.40. The molecule has 0 aromatic heterocycles. The van der Waals surface area contributed by atoms with Gasteiger partial charge in [-0.1, -0.05) is 6.92 Å². The second-order valence-corrected chi connectivity index (χ2v) is 6.41. The van der Waals surface area contributed by atoms with Crippen LogP contribution in [0.2, 0.25) is 0 Å². The zero-order valence-electron chi connectivity index (χ0n) is 14.4. The lowest BCUT2D eigenvalue weighted by atomic mass is 9.97. The number of nitrogens with zero attached hydrogens (tertiary/aromatic N) is 2. The minimum atomic E-state index is -0.469. The summed E-state index contributed by atoms with van der Waals surface area (Å²) in [6, 6.07) is 0.457. The molecule has 0 aromatic rings. The fourth-order valence-electron chi connectivity index (χ4n) is 2.99. The summed E-state index contributed by atoms with van der Waals surface area (Å²) in [5.41, 5.74) is -0.469. The second kappa shape index (κ2) is 8.71. The van der Waals surface area contributed by atoms with Crippen molar-refractivity contribution in [1.82, 2.24) is 15.1 Å². The molecule has 0 saturated heterocycles. The van der Waals surface area contributed by atoms with E-state index >= 15 is 0 Å². The van der Waals surface area contributed by atoms with Gasteiger partial charge in [-0.3, -0.25) is 4.79 Å². The van der Waals surface area contributed by atoms with Crippen LogP contribution in [0.4, 0.5) is 0 Å². The number of carbonyl (C=O) groups excluding carboxylic acids is 1. The van der Waals surface area contributed by atoms with Crippen LogP contribution in [0.3, 0.4) is 0 Å². The highest BCUT2D eigenvalue weighted by atomic mass is 16.5. The molecular formula is C16H33N3O2. The van der Waals surface area contributed by atoms with Gasteiger partial charge in [0.2, 0.25) is 0 Å². The lowest BCUT2D eigenvalue weighted by Crippen LogP contribution is -2.52. The first-order valence-corrected chi connectivity index (χ1v) is 8.22. The molecule has 0 bridgehead atoms. The Morgan fingerprint density at radius 3 is 2.57 bits per heavy atom. The Labute approximate surface area is 130 Å². The molecule has 1 saturated carbocycles. The minimum Gasteiger partial charge on any atom is -0.465 e. The molecule has 0 aliphatic heterocycles. The van der Waals surface area contributed by atoms with Gasteiger partial charge in [0.25, 0.3) is 0 Å². The van der Waals surface area contributed by atoms with Crippen LogP contribution in [-0.2, 0) is 9.53 Å². The third-order valence-corrected chi connectivity index (χ3v) is 4.39. The zero-order valence-corrected chi connectivity index (χ0v) is 14.4. The number of hydrogen-bond acceptors (Lipinski definition) is 5. The maximum absolute atomic E-state index is 12.4. The van der Waals surface area contributed by atoms with E-state index in [4.69, 9.17) is 4.74 Å². The predicted molar refractivity (Wildman–Crippen MR) is 86.5 cm³/mol. The van der Waals surface area contributed by atoms with Crippen LogP contribution < -0.4 is 5.32 Å². The SMILES string of the molecule is CCCNC1(C(=O)OCC)CCC(N(C)CCN(C)C)C1. The topological polar surface area (TPSA) is 44.8 Å². The molecule has 0 heterocycles. The Bertz CT molecular complexity index is 323. The molecule has 2 unspecified atom stereocenters. The van der Waals surface area contributed by atoms with Crippen molar-refractivity contribution in [2.45, 2.75) is 51.1 Å². The molecular weight excluding hydrogens is 266 g/mol. The fourth-order valence-corrected chi connectivity index (χ4v) is 2.99. The van der Waals surface area contributed by atoms with Crippen LogP contribution in [0, 0.1) is 0 Å². The smallest absolute Gasteiger partial charge is 0.326 e. The third kappa shape index (κ3) is 5.24. The average Bonchev–Trinajstić information content (AvgIpc) is 2.88. The quantitative estimate of drug-likeness (QED) is 0.651. The molecule has 0 amide bonds. The molecule has 21 heavy (non-hydrogen) atoms. The maximum atomic E-state index is 12.4. The number of esters is 1. The van der Waals surface area contributed by atoms with Crippen LogP contribution in [-0.4, -0.2) is 74.7 Å². The predicted octanol–water partition coefficient (Wildman–Crippen LogP) is 1.33. The van der Waals surface area contributed by atoms with Gasteiger partial charge in [-0.2, -0.15) is 0 Å². The Balaban J connectivity index is 2.64. The Kier molecular flexibility index (Phi) is 7.63. The average molecular weight is 299 g/mol. The number of rotatable bonds is 9. The van der Waals surface area contributed by atoms with Gasteiger partial charge < -0.3 is 19.9 Å². The molecule has 2 atom stereocenters. The highest BCUT2D eigenvalue weighted by molar-refractivity contribution is 5.81. The van der Waals surface area contributed by atoms with Crippen molar-refractivity contribution in [1.29, 1.82) is 0 Å². The molecule has 124 valence electrons. The highest BCUT2D eigenvalue weighted by Gasteiger charge is 2.46. The molecule has 5 heteroatoms. The monoisotopic (exact) mass is 299 g/mol. The first-order chi connectivity index (χ1) is 9.95. The van der Waals surface area contributed by atoms with Crippen molar-refractivity contribution in [3.8, 4) is 0 Å². The molecule has 1 fully saturated rings. The van der Waals surface area contributed by atoms with Crippen molar-refractivity contribution in [2.75, 3.05) is 47.4 Å². The summed E-state index contributed by atoms with van der Waals surface area (Å²) in [4.78, 5) is 17.0. The van der Waals surface area contributed by atoms with Gasteiger partial charge in [0.15, 0.2) is 0 Å². The zero-order chi connectivity index (χ0) is 15.9. The maximum Gasteiger partial charge on any atom is 0.326 e. The minimum absolute atomic E-state index is 0.0676. The summed E-state index contributed by atoms with van der Waals surface area (Å²) in [6.07, 6.45) is 3.82. The molecule has 1 N–H and O–H groups in total. The van der Waals surface area contributed by atoms with Crippen molar-refractivity contribution >= 4 is 5.97 Å². The van der Waals surface area contributed by atoms with Gasteiger partial charge in [0.05, 0.1) is 6.61 Å². The standard InChI is InChI=1S/C16H33N3O2/c1-6-10-17-16(15(20)21-7-2)9-8-14(13-16)19(5)12-11-18(3)4/h14,17H,6-13H2,1-5H3. The van der Waals surface area contributed by atoms with E-state index in [1.165, 1.54) is 0 Å². The number of ether oxygens (including phenoxy) is 1. The second-order valence-electron chi connectivity index (χ2n) is 6.41. The van der Waals surface area contributed by atoms with Crippen molar-refractivity contribution in [3.05, 3.63) is 0 Å². The van der Waals surface area contributed by atoms with Crippen molar-refractivity contribution in [2.24, 2.45) is 0 Å². The van der Waals surface area contributed by atoms with Crippen LogP contribution in [0.25, 0.3) is 0 Å². The third-order valence-electron chi connectivity index (χ3n) is 4.39. The number of carbonyl (C=O) groups is 1. The lowest BCUT2D eigenvalue weighted by Gasteiger charge is -2.30. The number of nitrogens with one attached hydrogen (secondary N) is 1. The summed E-state index contributed by atoms with van der Waals surface area (Å²) < 4.78 is 5.32. The fraction of sp³-hybridized carbons (Fsp3) is 0.938. The first-order valence-electron chi connectivity index (χ1n) is 8.22. The van der Waals surface area contributed by atoms with E-state index < -0.39 is 5.54 Å². The van der Waals surface area contributed by atoms with Crippen LogP contribution in [0.5, 0.6) is 0 Å². The van der Waals surface area contributed by atoms with E-state index in [0.717, 1.165) is 45.3 Å². The van der Waals surface area contributed by atoms with Crippen LogP contribution >= 0.6 is 0 Å². The first kappa shape index (κ1) is 18.4. The molecule has 1 aliphatic carbocycles. The summed E-state index contributed by atoms with van der Waals surface area (Å²) in [5, 5.41) is 3.47. The number of hydrogen-bond donors (Lipinski definition) is 1. The number of likely N-dealkylation sites (N-methyl/N-ethyl adjacent to an activating group) is 2. The van der Waals surface area contributed by atoms with Crippen LogP contribution in [0.1, 0.15) is 39.5 Å². The van der Waals surface area contributed by atoms with Gasteiger partial charge >= 0.3 is 5.97 Å². The largest absolute Gasteiger partial charge is 0.465 e.